The summed E-state index contributed by atoms with van der Waals surface area (Å²) in [6, 6.07) is 0. The van der Waals surface area contributed by atoms with Gasteiger partial charge in [-0.3, -0.25) is 4.79 Å². The molecule has 102 valence electrons. The van der Waals surface area contributed by atoms with Crippen molar-refractivity contribution in [3.8, 4) is 0 Å². The molecule has 0 aliphatic heterocycles. The van der Waals surface area contributed by atoms with Crippen molar-refractivity contribution in [2.75, 3.05) is 19.7 Å². The molecule has 0 saturated heterocycles. The van der Waals surface area contributed by atoms with Crippen molar-refractivity contribution in [1.82, 2.24) is 5.32 Å². The molecule has 17 heavy (non-hydrogen) atoms. The van der Waals surface area contributed by atoms with Crippen LogP contribution in [0.25, 0.3) is 0 Å². The Morgan fingerprint density at radius 1 is 1.29 bits per heavy atom. The van der Waals surface area contributed by atoms with E-state index >= 15 is 0 Å². The molecule has 1 unspecified atom stereocenters. The van der Waals surface area contributed by atoms with Crippen LogP contribution < -0.4 is 16.8 Å². The maximum Gasteiger partial charge on any atom is 0.305 e. The first-order valence-electron chi connectivity index (χ1n) is 6.55. The molecular formula is C12H27N3O2. The number of ether oxygens (including phenoxy) is 1. The van der Waals surface area contributed by atoms with Crippen molar-refractivity contribution in [2.24, 2.45) is 11.5 Å². The third kappa shape index (κ3) is 11.6. The van der Waals surface area contributed by atoms with Crippen molar-refractivity contribution in [2.45, 2.75) is 51.6 Å². The van der Waals surface area contributed by atoms with E-state index in [2.05, 4.69) is 5.32 Å². The van der Waals surface area contributed by atoms with E-state index in [0.29, 0.717) is 19.6 Å². The summed E-state index contributed by atoms with van der Waals surface area (Å²) >= 11 is 0. The Morgan fingerprint density at radius 2 is 2.06 bits per heavy atom. The van der Waals surface area contributed by atoms with Crippen LogP contribution in [0.4, 0.5) is 0 Å². The van der Waals surface area contributed by atoms with Crippen LogP contribution in [0.2, 0.25) is 0 Å². The average molecular weight is 245 g/mol. The maximum atomic E-state index is 11.0. The van der Waals surface area contributed by atoms with Crippen LogP contribution in [0.1, 0.15) is 45.4 Å². The topological polar surface area (TPSA) is 90.4 Å². The zero-order valence-electron chi connectivity index (χ0n) is 10.9. The number of esters is 1. The first kappa shape index (κ1) is 16.4. The predicted octanol–water partition coefficient (Wildman–Crippen LogP) is 0.723. The second-order valence-electron chi connectivity index (χ2n) is 4.11. The van der Waals surface area contributed by atoms with Gasteiger partial charge >= 0.3 is 5.97 Å². The highest BCUT2D eigenvalue weighted by molar-refractivity contribution is 5.69. The molecule has 0 heterocycles. The van der Waals surface area contributed by atoms with Crippen molar-refractivity contribution in [3.05, 3.63) is 0 Å². The number of rotatable bonds is 11. The highest BCUT2D eigenvalue weighted by Gasteiger charge is 2.03. The molecule has 0 bridgehead atoms. The monoisotopic (exact) mass is 245 g/mol. The minimum absolute atomic E-state index is 0.0455. The Balaban J connectivity index is 3.24. The van der Waals surface area contributed by atoms with Crippen molar-refractivity contribution in [1.29, 1.82) is 0 Å². The number of hydrogen-bond acceptors (Lipinski definition) is 5. The second kappa shape index (κ2) is 11.8. The molecule has 5 N–H and O–H groups in total. The van der Waals surface area contributed by atoms with Gasteiger partial charge in [-0.15, -0.1) is 0 Å². The summed E-state index contributed by atoms with van der Waals surface area (Å²) in [6.45, 7) is 3.86. The van der Waals surface area contributed by atoms with Crippen molar-refractivity contribution >= 4 is 5.97 Å². The van der Waals surface area contributed by atoms with Gasteiger partial charge in [0.2, 0.25) is 0 Å². The summed E-state index contributed by atoms with van der Waals surface area (Å²) in [7, 11) is 0. The van der Waals surface area contributed by atoms with Crippen LogP contribution in [-0.4, -0.2) is 31.8 Å². The van der Waals surface area contributed by atoms with Crippen LogP contribution in [0, 0.1) is 0 Å². The molecule has 0 aromatic heterocycles. The highest BCUT2D eigenvalue weighted by Crippen LogP contribution is 2.04. The van der Waals surface area contributed by atoms with E-state index in [1.165, 1.54) is 0 Å². The molecule has 0 spiro atoms. The van der Waals surface area contributed by atoms with Crippen LogP contribution in [0.5, 0.6) is 0 Å². The lowest BCUT2D eigenvalue weighted by atomic mass is 10.1. The predicted molar refractivity (Wildman–Crippen MR) is 69.4 cm³/mol. The Labute approximate surface area is 104 Å². The number of nitrogens with two attached hydrogens (primary N) is 2. The van der Waals surface area contributed by atoms with Gasteiger partial charge in [-0.1, -0.05) is 12.8 Å². The van der Waals surface area contributed by atoms with Gasteiger partial charge in [-0.05, 0) is 39.3 Å². The van der Waals surface area contributed by atoms with E-state index in [1.54, 1.807) is 0 Å². The molecule has 0 amide bonds. The summed E-state index contributed by atoms with van der Waals surface area (Å²) in [6.07, 6.45) is 5.40. The number of carbonyl (C=O) groups excluding carboxylic acids is 1. The zero-order chi connectivity index (χ0) is 12.9. The molecule has 0 radical (unpaired) electrons. The van der Waals surface area contributed by atoms with Gasteiger partial charge in [0.05, 0.1) is 12.8 Å². The van der Waals surface area contributed by atoms with Crippen LogP contribution in [0.15, 0.2) is 0 Å². The summed E-state index contributed by atoms with van der Waals surface area (Å²) in [5.74, 6) is -0.0992. The first-order valence-corrected chi connectivity index (χ1v) is 6.55. The summed E-state index contributed by atoms with van der Waals surface area (Å²) in [5, 5.41) is 3.21. The SMILES string of the molecule is CCOC(=O)CCCCCC(N)NCCCN. The largest absolute Gasteiger partial charge is 0.466 e. The standard InChI is InChI=1S/C12H27N3O2/c1-2-17-12(16)8-5-3-4-7-11(14)15-10-6-9-13/h11,15H,2-10,13-14H2,1H3. The van der Waals surface area contributed by atoms with Crippen LogP contribution in [0.3, 0.4) is 0 Å². The zero-order valence-corrected chi connectivity index (χ0v) is 10.9. The van der Waals surface area contributed by atoms with Crippen molar-refractivity contribution in [3.63, 3.8) is 0 Å². The van der Waals surface area contributed by atoms with Crippen LogP contribution >= 0.6 is 0 Å². The van der Waals surface area contributed by atoms with Crippen molar-refractivity contribution < 1.29 is 9.53 Å². The molecule has 0 aromatic carbocycles. The molecule has 0 saturated carbocycles. The third-order valence-electron chi connectivity index (χ3n) is 2.49. The Hall–Kier alpha value is -0.650. The minimum atomic E-state index is -0.0992. The highest BCUT2D eigenvalue weighted by atomic mass is 16.5. The molecule has 0 aliphatic rings. The molecule has 5 nitrogen and oxygen atoms in total. The van der Waals surface area contributed by atoms with E-state index in [4.69, 9.17) is 16.2 Å². The van der Waals surface area contributed by atoms with Gasteiger partial charge in [0, 0.05) is 6.42 Å². The van der Waals surface area contributed by atoms with E-state index in [9.17, 15) is 4.79 Å². The molecule has 5 heteroatoms. The van der Waals surface area contributed by atoms with Crippen LogP contribution in [-0.2, 0) is 9.53 Å². The Morgan fingerprint density at radius 3 is 2.71 bits per heavy atom. The Bertz CT molecular complexity index is 189. The lowest BCUT2D eigenvalue weighted by Gasteiger charge is -2.12. The number of nitrogens with one attached hydrogen (secondary N) is 1. The van der Waals surface area contributed by atoms with Gasteiger partial charge in [-0.2, -0.15) is 0 Å². The molecule has 1 atom stereocenters. The summed E-state index contributed by atoms with van der Waals surface area (Å²) < 4.78 is 4.85. The van der Waals surface area contributed by atoms with Gasteiger partial charge in [0.25, 0.3) is 0 Å². The van der Waals surface area contributed by atoms with E-state index < -0.39 is 0 Å². The smallest absolute Gasteiger partial charge is 0.305 e. The molecular weight excluding hydrogens is 218 g/mol. The lowest BCUT2D eigenvalue weighted by molar-refractivity contribution is -0.143. The molecule has 0 fully saturated rings. The quantitative estimate of drug-likeness (QED) is 0.283. The molecule has 0 rings (SSSR count). The third-order valence-corrected chi connectivity index (χ3v) is 2.49. The molecule has 0 aliphatic carbocycles. The summed E-state index contributed by atoms with van der Waals surface area (Å²) in [4.78, 5) is 11.0. The average Bonchev–Trinajstić information content (AvgIpc) is 2.29. The van der Waals surface area contributed by atoms with E-state index in [-0.39, 0.29) is 12.1 Å². The fourth-order valence-electron chi connectivity index (χ4n) is 1.54. The fraction of sp³-hybridized carbons (Fsp3) is 0.917. The van der Waals surface area contributed by atoms with E-state index in [1.807, 2.05) is 6.92 Å². The van der Waals surface area contributed by atoms with E-state index in [0.717, 1.165) is 38.6 Å². The fourth-order valence-corrected chi connectivity index (χ4v) is 1.54. The Kier molecular flexibility index (Phi) is 11.4. The van der Waals surface area contributed by atoms with Gasteiger partial charge in [0.1, 0.15) is 0 Å². The molecule has 0 aromatic rings. The second-order valence-corrected chi connectivity index (χ2v) is 4.11. The van der Waals surface area contributed by atoms with Gasteiger partial charge in [-0.25, -0.2) is 0 Å². The lowest BCUT2D eigenvalue weighted by Crippen LogP contribution is -2.38. The number of hydrogen-bond donors (Lipinski definition) is 3. The first-order chi connectivity index (χ1) is 8.20. The van der Waals surface area contributed by atoms with Gasteiger partial charge in [0.15, 0.2) is 0 Å². The summed E-state index contributed by atoms with van der Waals surface area (Å²) in [5.41, 5.74) is 11.2. The number of unbranched alkanes of at least 4 members (excludes halogenated alkanes) is 2. The normalized spacial score (nSPS) is 12.4. The van der Waals surface area contributed by atoms with Gasteiger partial charge < -0.3 is 21.5 Å². The minimum Gasteiger partial charge on any atom is -0.466 e. The number of carbonyl (C=O) groups is 1. The maximum absolute atomic E-state index is 11.0.